The van der Waals surface area contributed by atoms with E-state index in [1.165, 1.54) is 0 Å². The first-order valence-electron chi connectivity index (χ1n) is 4.90. The van der Waals surface area contributed by atoms with Gasteiger partial charge in [-0.05, 0) is 26.3 Å². The van der Waals surface area contributed by atoms with E-state index in [1.54, 1.807) is 6.92 Å². The van der Waals surface area contributed by atoms with E-state index in [1.807, 2.05) is 0 Å². The molecule has 0 radical (unpaired) electrons. The van der Waals surface area contributed by atoms with Gasteiger partial charge in [0.25, 0.3) is 0 Å². The van der Waals surface area contributed by atoms with Crippen LogP contribution in [0.2, 0.25) is 0 Å². The first-order valence-corrected chi connectivity index (χ1v) is 4.90. The van der Waals surface area contributed by atoms with Gasteiger partial charge in [-0.25, -0.2) is 0 Å². The van der Waals surface area contributed by atoms with Crippen molar-refractivity contribution in [3.05, 3.63) is 0 Å². The SMILES string of the molecule is CC(=O)C1CCCN(CCC=O)C1. The Bertz CT molecular complexity index is 191. The maximum absolute atomic E-state index is 11.1. The third-order valence-electron chi connectivity index (χ3n) is 2.64. The van der Waals surface area contributed by atoms with Crippen LogP contribution in [0.25, 0.3) is 0 Å². The first-order chi connectivity index (χ1) is 6.24. The predicted molar refractivity (Wildman–Crippen MR) is 50.5 cm³/mol. The van der Waals surface area contributed by atoms with Crippen molar-refractivity contribution in [3.63, 3.8) is 0 Å². The van der Waals surface area contributed by atoms with Crippen molar-refractivity contribution in [3.8, 4) is 0 Å². The first kappa shape index (κ1) is 10.4. The van der Waals surface area contributed by atoms with Gasteiger partial charge in [0.1, 0.15) is 12.1 Å². The molecule has 3 heteroatoms. The number of aldehydes is 1. The van der Waals surface area contributed by atoms with E-state index in [2.05, 4.69) is 4.90 Å². The molecule has 1 aliphatic heterocycles. The molecule has 1 aliphatic rings. The summed E-state index contributed by atoms with van der Waals surface area (Å²) in [6, 6.07) is 0. The van der Waals surface area contributed by atoms with Gasteiger partial charge in [-0.1, -0.05) is 0 Å². The topological polar surface area (TPSA) is 37.4 Å². The fourth-order valence-corrected chi connectivity index (χ4v) is 1.83. The smallest absolute Gasteiger partial charge is 0.134 e. The minimum atomic E-state index is 0.209. The van der Waals surface area contributed by atoms with Gasteiger partial charge in [-0.15, -0.1) is 0 Å². The van der Waals surface area contributed by atoms with Crippen molar-refractivity contribution in [2.45, 2.75) is 26.2 Å². The summed E-state index contributed by atoms with van der Waals surface area (Å²) >= 11 is 0. The second-order valence-electron chi connectivity index (χ2n) is 3.71. The number of carbonyl (C=O) groups excluding carboxylic acids is 2. The zero-order valence-electron chi connectivity index (χ0n) is 8.16. The van der Waals surface area contributed by atoms with Gasteiger partial charge >= 0.3 is 0 Å². The van der Waals surface area contributed by atoms with Gasteiger partial charge in [0.05, 0.1) is 0 Å². The Labute approximate surface area is 79.1 Å². The summed E-state index contributed by atoms with van der Waals surface area (Å²) in [7, 11) is 0. The van der Waals surface area contributed by atoms with Gasteiger partial charge in [-0.3, -0.25) is 4.79 Å². The molecule has 13 heavy (non-hydrogen) atoms. The van der Waals surface area contributed by atoms with Gasteiger partial charge in [0.2, 0.25) is 0 Å². The van der Waals surface area contributed by atoms with Crippen molar-refractivity contribution in [2.75, 3.05) is 19.6 Å². The van der Waals surface area contributed by atoms with Crippen LogP contribution in [0.1, 0.15) is 26.2 Å². The minimum Gasteiger partial charge on any atom is -0.303 e. The van der Waals surface area contributed by atoms with Gasteiger partial charge in [0, 0.05) is 25.4 Å². The highest BCUT2D eigenvalue weighted by atomic mass is 16.1. The maximum Gasteiger partial charge on any atom is 0.134 e. The molecule has 0 aromatic carbocycles. The van der Waals surface area contributed by atoms with Crippen LogP contribution < -0.4 is 0 Å². The van der Waals surface area contributed by atoms with Crippen LogP contribution in [0.5, 0.6) is 0 Å². The molecule has 74 valence electrons. The molecular weight excluding hydrogens is 166 g/mol. The number of ketones is 1. The zero-order chi connectivity index (χ0) is 9.68. The average Bonchev–Trinajstić information content (AvgIpc) is 2.15. The lowest BCUT2D eigenvalue weighted by Gasteiger charge is -2.30. The van der Waals surface area contributed by atoms with Crippen LogP contribution in [0.4, 0.5) is 0 Å². The van der Waals surface area contributed by atoms with E-state index >= 15 is 0 Å². The Hall–Kier alpha value is -0.700. The molecule has 0 amide bonds. The summed E-state index contributed by atoms with van der Waals surface area (Å²) < 4.78 is 0. The van der Waals surface area contributed by atoms with Crippen LogP contribution in [-0.2, 0) is 9.59 Å². The van der Waals surface area contributed by atoms with Gasteiger partial charge < -0.3 is 9.69 Å². The maximum atomic E-state index is 11.1. The summed E-state index contributed by atoms with van der Waals surface area (Å²) in [5.41, 5.74) is 0. The van der Waals surface area contributed by atoms with Crippen molar-refractivity contribution in [2.24, 2.45) is 5.92 Å². The van der Waals surface area contributed by atoms with Crippen molar-refractivity contribution in [1.82, 2.24) is 4.90 Å². The molecule has 0 spiro atoms. The standard InChI is InChI=1S/C10H17NO2/c1-9(13)10-4-2-5-11(8-10)6-3-7-12/h7,10H,2-6,8H2,1H3. The Morgan fingerprint density at radius 2 is 2.38 bits per heavy atom. The van der Waals surface area contributed by atoms with Crippen LogP contribution in [0.3, 0.4) is 0 Å². The fourth-order valence-electron chi connectivity index (χ4n) is 1.83. The van der Waals surface area contributed by atoms with Gasteiger partial charge in [-0.2, -0.15) is 0 Å². The quantitative estimate of drug-likeness (QED) is 0.607. The molecule has 0 aromatic heterocycles. The number of nitrogens with zero attached hydrogens (tertiary/aromatic N) is 1. The number of hydrogen-bond donors (Lipinski definition) is 0. The second-order valence-corrected chi connectivity index (χ2v) is 3.71. The molecule has 0 bridgehead atoms. The number of piperidine rings is 1. The normalized spacial score (nSPS) is 24.2. The molecule has 1 heterocycles. The minimum absolute atomic E-state index is 0.209. The Morgan fingerprint density at radius 1 is 1.62 bits per heavy atom. The van der Waals surface area contributed by atoms with E-state index < -0.39 is 0 Å². The fraction of sp³-hybridized carbons (Fsp3) is 0.800. The summed E-state index contributed by atoms with van der Waals surface area (Å²) in [6.07, 6.45) is 3.64. The number of likely N-dealkylation sites (tertiary alicyclic amines) is 1. The van der Waals surface area contributed by atoms with Crippen LogP contribution >= 0.6 is 0 Å². The van der Waals surface area contributed by atoms with Crippen LogP contribution in [0.15, 0.2) is 0 Å². The highest BCUT2D eigenvalue weighted by molar-refractivity contribution is 5.78. The highest BCUT2D eigenvalue weighted by Crippen LogP contribution is 2.16. The number of rotatable bonds is 4. The van der Waals surface area contributed by atoms with E-state index in [9.17, 15) is 9.59 Å². The molecule has 1 saturated heterocycles. The van der Waals surface area contributed by atoms with Crippen molar-refractivity contribution in [1.29, 1.82) is 0 Å². The van der Waals surface area contributed by atoms with Crippen LogP contribution in [0, 0.1) is 5.92 Å². The molecule has 3 nitrogen and oxygen atoms in total. The van der Waals surface area contributed by atoms with Crippen LogP contribution in [-0.4, -0.2) is 36.6 Å². The number of Topliss-reactive ketones (excluding diaryl/α,β-unsaturated/α-hetero) is 1. The monoisotopic (exact) mass is 183 g/mol. The summed E-state index contributed by atoms with van der Waals surface area (Å²) in [4.78, 5) is 23.5. The Balaban J connectivity index is 2.32. The molecule has 1 atom stereocenters. The molecule has 0 aromatic rings. The Morgan fingerprint density at radius 3 is 3.00 bits per heavy atom. The molecule has 1 unspecified atom stereocenters. The number of carbonyl (C=O) groups is 2. The second kappa shape index (κ2) is 5.12. The van der Waals surface area contributed by atoms with E-state index in [-0.39, 0.29) is 11.7 Å². The van der Waals surface area contributed by atoms with Crippen molar-refractivity contribution >= 4 is 12.1 Å². The molecular formula is C10H17NO2. The lowest BCUT2D eigenvalue weighted by Crippen LogP contribution is -2.38. The molecule has 1 fully saturated rings. The lowest BCUT2D eigenvalue weighted by molar-refractivity contribution is -0.122. The number of hydrogen-bond acceptors (Lipinski definition) is 3. The van der Waals surface area contributed by atoms with E-state index in [0.717, 1.165) is 38.8 Å². The average molecular weight is 183 g/mol. The molecule has 0 N–H and O–H groups in total. The molecule has 1 rings (SSSR count). The molecule has 0 saturated carbocycles. The third kappa shape index (κ3) is 3.27. The summed E-state index contributed by atoms with van der Waals surface area (Å²) in [6.45, 7) is 4.36. The summed E-state index contributed by atoms with van der Waals surface area (Å²) in [5.74, 6) is 0.496. The third-order valence-corrected chi connectivity index (χ3v) is 2.64. The highest BCUT2D eigenvalue weighted by Gasteiger charge is 2.22. The predicted octanol–water partition coefficient (Wildman–Crippen LogP) is 0.876. The lowest BCUT2D eigenvalue weighted by atomic mass is 9.94. The van der Waals surface area contributed by atoms with Crippen molar-refractivity contribution < 1.29 is 9.59 Å². The van der Waals surface area contributed by atoms with E-state index in [0.29, 0.717) is 6.42 Å². The summed E-state index contributed by atoms with van der Waals surface area (Å²) in [5, 5.41) is 0. The Kier molecular flexibility index (Phi) is 4.09. The molecule has 0 aliphatic carbocycles. The van der Waals surface area contributed by atoms with Gasteiger partial charge in [0.15, 0.2) is 0 Å². The van der Waals surface area contributed by atoms with E-state index in [4.69, 9.17) is 0 Å². The largest absolute Gasteiger partial charge is 0.303 e. The zero-order valence-corrected chi connectivity index (χ0v) is 8.16.